The third kappa shape index (κ3) is 23.4. The Kier molecular flexibility index (Phi) is 257. The summed E-state index contributed by atoms with van der Waals surface area (Å²) >= 11 is 0. The molecule has 0 spiro atoms. The van der Waals surface area contributed by atoms with E-state index in [-0.39, 0.29) is 140 Å². The summed E-state index contributed by atoms with van der Waals surface area (Å²) in [6.45, 7) is 0. The van der Waals surface area contributed by atoms with Crippen molar-refractivity contribution in [3.05, 3.63) is 0 Å². The van der Waals surface area contributed by atoms with E-state index in [1.54, 1.807) is 0 Å². The van der Waals surface area contributed by atoms with Crippen LogP contribution in [-0.4, -0.2) is 51.7 Å². The van der Waals surface area contributed by atoms with Crippen LogP contribution < -0.4 is 0 Å². The molecule has 0 saturated heterocycles. The van der Waals surface area contributed by atoms with E-state index in [0.717, 1.165) is 0 Å². The Hall–Kier alpha value is 4.62. The second-order valence-electron chi connectivity index (χ2n) is 0. The molecule has 0 aliphatic heterocycles. The summed E-state index contributed by atoms with van der Waals surface area (Å²) < 4.78 is 0. The summed E-state index contributed by atoms with van der Waals surface area (Å²) in [5.41, 5.74) is 0. The molecule has 0 N–H and O–H groups in total. The summed E-state index contributed by atoms with van der Waals surface area (Å²) in [4.78, 5) is 0. The normalized spacial score (nSPS) is 0. The topological polar surface area (TPSA) is 0 Å². The van der Waals surface area contributed by atoms with Crippen LogP contribution in [0.5, 0.6) is 0 Å². The van der Waals surface area contributed by atoms with Gasteiger partial charge in [-0.2, -0.15) is 0 Å². The summed E-state index contributed by atoms with van der Waals surface area (Å²) in [6.07, 6.45) is 0. The van der Waals surface area contributed by atoms with Crippen LogP contribution >= 0.6 is 0 Å². The molecule has 0 aromatic heterocycles. The zero-order chi connectivity index (χ0) is 0. The van der Waals surface area contributed by atoms with Crippen LogP contribution in [0.15, 0.2) is 0 Å². The van der Waals surface area contributed by atoms with E-state index in [4.69, 9.17) is 0 Å². The monoisotopic (exact) mass is 665 g/mol. The molecule has 0 atom stereocenters. The minimum absolute atomic E-state index is 0. The molecular formula is H5MnNb2PbSbZr. The zero-order valence-corrected chi connectivity index (χ0v) is 20.8. The van der Waals surface area contributed by atoms with Gasteiger partial charge in [0.25, 0.3) is 0 Å². The molecule has 0 saturated carbocycles. The van der Waals surface area contributed by atoms with Crippen LogP contribution in [0.25, 0.3) is 0 Å². The third-order valence-corrected chi connectivity index (χ3v) is 0. The average molecular weight is 666 g/mol. The Morgan fingerprint density at radius 2 is 0.833 bits per heavy atom. The van der Waals surface area contributed by atoms with Gasteiger partial charge in [-0.3, -0.25) is 0 Å². The van der Waals surface area contributed by atoms with Crippen LogP contribution in [0.2, 0.25) is 0 Å². The van der Waals surface area contributed by atoms with E-state index in [1.165, 1.54) is 0 Å². The maximum absolute atomic E-state index is 0. The van der Waals surface area contributed by atoms with Gasteiger partial charge in [-0.15, -0.1) is 0 Å². The van der Waals surface area contributed by atoms with Gasteiger partial charge in [0.1, 0.15) is 0 Å². The average Bonchev–Trinajstić information content (AvgIpc) is 0. The fourth-order valence-electron chi connectivity index (χ4n) is 0. The molecule has 0 nitrogen and oxygen atoms in total. The van der Waals surface area contributed by atoms with E-state index >= 15 is 0 Å². The second-order valence-corrected chi connectivity index (χ2v) is 0. The quantitative estimate of drug-likeness (QED) is 0.260. The number of hydrogen-bond donors (Lipinski definition) is 0. The zero-order valence-electron chi connectivity index (χ0n) is 3.19. The molecule has 5 radical (unpaired) electrons. The van der Waals surface area contributed by atoms with Crippen molar-refractivity contribution in [2.45, 2.75) is 0 Å². The summed E-state index contributed by atoms with van der Waals surface area (Å²) in [7, 11) is 0. The SMILES string of the molecule is [Mn].[Nb].[Nb].[PbH2].[SbH3].[Zr]. The van der Waals surface area contributed by atoms with Gasteiger partial charge in [0, 0.05) is 88.0 Å². The van der Waals surface area contributed by atoms with Crippen LogP contribution in [0, 0.1) is 0 Å². The van der Waals surface area contributed by atoms with Gasteiger partial charge in [-0.1, -0.05) is 0 Å². The predicted octanol–water partition coefficient (Wildman–Crippen LogP) is -2.11. The van der Waals surface area contributed by atoms with E-state index in [1.807, 2.05) is 0 Å². The van der Waals surface area contributed by atoms with Crippen LogP contribution in [0.4, 0.5) is 0 Å². The summed E-state index contributed by atoms with van der Waals surface area (Å²) in [6, 6.07) is 0. The largest absolute Gasteiger partial charge is 0 e. The van der Waals surface area contributed by atoms with Crippen molar-refractivity contribution in [1.82, 2.24) is 0 Å². The van der Waals surface area contributed by atoms with E-state index in [2.05, 4.69) is 0 Å². The standard InChI is InChI=1S/Mn.2Nb.Pb.Sb.Zr.5H. The molecule has 0 fully saturated rings. The maximum atomic E-state index is 0. The molecule has 0 aromatic rings. The fourth-order valence-corrected chi connectivity index (χ4v) is 0. The first-order valence-corrected chi connectivity index (χ1v) is 0. The van der Waals surface area contributed by atoms with Crippen LogP contribution in [0.1, 0.15) is 0 Å². The van der Waals surface area contributed by atoms with Crippen LogP contribution in [-0.2, 0) is 88.0 Å². The molecule has 0 bridgehead atoms. The molecule has 0 aromatic carbocycles. The minimum Gasteiger partial charge on any atom is 0 e. The molecule has 0 heterocycles. The van der Waals surface area contributed by atoms with Crippen molar-refractivity contribution in [2.75, 3.05) is 0 Å². The van der Waals surface area contributed by atoms with Crippen molar-refractivity contribution in [3.8, 4) is 0 Å². The van der Waals surface area contributed by atoms with E-state index < -0.39 is 0 Å². The van der Waals surface area contributed by atoms with Crippen molar-refractivity contribution in [2.24, 2.45) is 0 Å². The second kappa shape index (κ2) is 33.5. The summed E-state index contributed by atoms with van der Waals surface area (Å²) in [5, 5.41) is 0. The van der Waals surface area contributed by atoms with Gasteiger partial charge in [-0.05, 0) is 0 Å². The predicted molar refractivity (Wildman–Crippen MR) is 18.5 cm³/mol. The van der Waals surface area contributed by atoms with Crippen molar-refractivity contribution in [3.63, 3.8) is 0 Å². The van der Waals surface area contributed by atoms with E-state index in [9.17, 15) is 0 Å². The fraction of sp³-hybridized carbons (Fsp3) is 0. The molecule has 6 heavy (non-hydrogen) atoms. The number of hydrogen-bond acceptors (Lipinski definition) is 0. The van der Waals surface area contributed by atoms with Gasteiger partial charge in [0.2, 0.25) is 0 Å². The van der Waals surface area contributed by atoms with Gasteiger partial charge >= 0.3 is 51.7 Å². The molecule has 6 heteroatoms. The first kappa shape index (κ1) is 46.0. The Bertz CT molecular complexity index is 13.5. The van der Waals surface area contributed by atoms with Crippen molar-refractivity contribution < 1.29 is 88.0 Å². The Balaban J connectivity index is 0. The molecule has 0 unspecified atom stereocenters. The van der Waals surface area contributed by atoms with E-state index in [0.29, 0.717) is 0 Å². The molecule has 35 valence electrons. The van der Waals surface area contributed by atoms with Gasteiger partial charge in [-0.25, -0.2) is 0 Å². The van der Waals surface area contributed by atoms with Crippen molar-refractivity contribution >= 4 is 51.7 Å². The molecular weight excluding hydrogens is 661 g/mol. The van der Waals surface area contributed by atoms with Gasteiger partial charge in [0.05, 0.1) is 0 Å². The van der Waals surface area contributed by atoms with Gasteiger partial charge in [0.15, 0.2) is 0 Å². The third-order valence-electron chi connectivity index (χ3n) is 0. The molecule has 0 aliphatic rings. The Labute approximate surface area is 136 Å². The van der Waals surface area contributed by atoms with Crippen LogP contribution in [0.3, 0.4) is 0 Å². The first-order valence-electron chi connectivity index (χ1n) is 0. The Morgan fingerprint density at radius 3 is 0.833 bits per heavy atom. The van der Waals surface area contributed by atoms with Gasteiger partial charge < -0.3 is 0 Å². The molecule has 0 rings (SSSR count). The number of rotatable bonds is 0. The maximum Gasteiger partial charge on any atom is 0 e. The molecule has 0 amide bonds. The van der Waals surface area contributed by atoms with Crippen molar-refractivity contribution in [1.29, 1.82) is 0 Å². The summed E-state index contributed by atoms with van der Waals surface area (Å²) in [5.74, 6) is 0. The minimum atomic E-state index is 0. The molecule has 0 aliphatic carbocycles. The smallest absolute Gasteiger partial charge is 0 e. The first-order chi connectivity index (χ1) is 0. The Morgan fingerprint density at radius 1 is 0.833 bits per heavy atom.